The minimum Gasteiger partial charge on any atom is -0.336 e. The van der Waals surface area contributed by atoms with Crippen molar-refractivity contribution in [1.29, 1.82) is 0 Å². The molecule has 1 aromatic carbocycles. The number of piperazine rings is 1. The van der Waals surface area contributed by atoms with Crippen LogP contribution in [0.15, 0.2) is 18.2 Å². The number of amides is 1. The third kappa shape index (κ3) is 3.16. The van der Waals surface area contributed by atoms with Crippen LogP contribution in [-0.2, 0) is 0 Å². The van der Waals surface area contributed by atoms with Crippen molar-refractivity contribution in [2.24, 2.45) is 0 Å². The summed E-state index contributed by atoms with van der Waals surface area (Å²) in [6.45, 7) is 4.09. The third-order valence-corrected chi connectivity index (χ3v) is 4.34. The highest BCUT2D eigenvalue weighted by Crippen LogP contribution is 2.29. The van der Waals surface area contributed by atoms with E-state index < -0.39 is 4.92 Å². The number of nitrogens with zero attached hydrogens (tertiary/aromatic N) is 3. The van der Waals surface area contributed by atoms with E-state index >= 15 is 0 Å². The zero-order chi connectivity index (χ0) is 15.6. The van der Waals surface area contributed by atoms with E-state index in [1.165, 1.54) is 18.2 Å². The van der Waals surface area contributed by atoms with Crippen molar-refractivity contribution in [2.45, 2.75) is 19.4 Å². The van der Waals surface area contributed by atoms with Crippen LogP contribution in [-0.4, -0.2) is 53.4 Å². The quantitative estimate of drug-likeness (QED) is 0.635. The largest absolute Gasteiger partial charge is 0.336 e. The zero-order valence-corrected chi connectivity index (χ0v) is 12.8. The van der Waals surface area contributed by atoms with E-state index in [2.05, 4.69) is 11.8 Å². The lowest BCUT2D eigenvalue weighted by Crippen LogP contribution is -2.53. The number of nitro groups is 1. The van der Waals surface area contributed by atoms with Crippen LogP contribution >= 0.6 is 11.6 Å². The van der Waals surface area contributed by atoms with Gasteiger partial charge in [-0.05, 0) is 19.5 Å². The SMILES string of the molecule is CCC1CN(C(=O)c2cccc([N+](=O)[O-])c2Cl)CCN1C. The molecule has 1 aliphatic heterocycles. The van der Waals surface area contributed by atoms with Gasteiger partial charge in [0.2, 0.25) is 0 Å². The van der Waals surface area contributed by atoms with Gasteiger partial charge >= 0.3 is 0 Å². The number of benzene rings is 1. The number of carbonyl (C=O) groups is 1. The summed E-state index contributed by atoms with van der Waals surface area (Å²) in [7, 11) is 2.04. The first-order valence-corrected chi connectivity index (χ1v) is 7.26. The van der Waals surface area contributed by atoms with E-state index in [0.717, 1.165) is 13.0 Å². The van der Waals surface area contributed by atoms with Gasteiger partial charge in [-0.3, -0.25) is 19.8 Å². The number of halogens is 1. The van der Waals surface area contributed by atoms with Gasteiger partial charge in [0.25, 0.3) is 11.6 Å². The Bertz CT molecular complexity index is 564. The Morgan fingerprint density at radius 1 is 1.48 bits per heavy atom. The standard InChI is InChI=1S/C14H18ClN3O3/c1-3-10-9-17(8-7-16(10)2)14(19)11-5-4-6-12(13(11)15)18(20)21/h4-6,10H,3,7-9H2,1-2H3. The Hall–Kier alpha value is -1.66. The maximum absolute atomic E-state index is 12.6. The summed E-state index contributed by atoms with van der Waals surface area (Å²) in [5.74, 6) is -0.241. The van der Waals surface area contributed by atoms with Crippen LogP contribution in [0.25, 0.3) is 0 Å². The van der Waals surface area contributed by atoms with Gasteiger partial charge in [0.05, 0.1) is 10.5 Å². The minimum absolute atomic E-state index is 0.0838. The smallest absolute Gasteiger partial charge is 0.288 e. The van der Waals surface area contributed by atoms with E-state index in [1.54, 1.807) is 4.90 Å². The molecule has 114 valence electrons. The lowest BCUT2D eigenvalue weighted by atomic mass is 10.1. The molecule has 1 fully saturated rings. The molecule has 0 aliphatic carbocycles. The molecule has 6 nitrogen and oxygen atoms in total. The second-order valence-corrected chi connectivity index (χ2v) is 5.57. The van der Waals surface area contributed by atoms with E-state index in [-0.39, 0.29) is 22.2 Å². The predicted octanol–water partition coefficient (Wildman–Crippen LogP) is 2.41. The summed E-state index contributed by atoms with van der Waals surface area (Å²) in [5.41, 5.74) is -0.0334. The average Bonchev–Trinajstić information content (AvgIpc) is 2.47. The van der Waals surface area contributed by atoms with Crippen LogP contribution in [0.5, 0.6) is 0 Å². The second-order valence-electron chi connectivity index (χ2n) is 5.19. The summed E-state index contributed by atoms with van der Waals surface area (Å²) < 4.78 is 0. The maximum atomic E-state index is 12.6. The summed E-state index contributed by atoms with van der Waals surface area (Å²) in [6, 6.07) is 4.64. The maximum Gasteiger partial charge on any atom is 0.288 e. The third-order valence-electron chi connectivity index (χ3n) is 3.94. The highest BCUT2D eigenvalue weighted by Gasteiger charge is 2.29. The molecule has 1 saturated heterocycles. The molecule has 1 atom stereocenters. The molecule has 0 saturated carbocycles. The van der Waals surface area contributed by atoms with Crippen LogP contribution in [0.2, 0.25) is 5.02 Å². The molecule has 1 unspecified atom stereocenters. The summed E-state index contributed by atoms with van der Waals surface area (Å²) in [6.07, 6.45) is 0.947. The molecule has 7 heteroatoms. The molecule has 2 rings (SSSR count). The number of nitro benzene ring substituents is 1. The minimum atomic E-state index is -0.571. The molecule has 1 amide bonds. The van der Waals surface area contributed by atoms with Crippen molar-refractivity contribution >= 4 is 23.2 Å². The van der Waals surface area contributed by atoms with Crippen molar-refractivity contribution in [3.63, 3.8) is 0 Å². The van der Waals surface area contributed by atoms with Crippen LogP contribution in [0.1, 0.15) is 23.7 Å². The van der Waals surface area contributed by atoms with Crippen molar-refractivity contribution in [1.82, 2.24) is 9.80 Å². The van der Waals surface area contributed by atoms with E-state index in [0.29, 0.717) is 19.1 Å². The Morgan fingerprint density at radius 2 is 2.19 bits per heavy atom. The summed E-state index contributed by atoms with van der Waals surface area (Å²) in [5, 5.41) is 10.8. The predicted molar refractivity (Wildman–Crippen MR) is 80.7 cm³/mol. The van der Waals surface area contributed by atoms with Crippen molar-refractivity contribution in [2.75, 3.05) is 26.7 Å². The second kappa shape index (κ2) is 6.41. The number of hydrogen-bond donors (Lipinski definition) is 0. The lowest BCUT2D eigenvalue weighted by molar-refractivity contribution is -0.384. The van der Waals surface area contributed by atoms with E-state index in [9.17, 15) is 14.9 Å². The Morgan fingerprint density at radius 3 is 2.81 bits per heavy atom. The summed E-state index contributed by atoms with van der Waals surface area (Å²) in [4.78, 5) is 26.8. The lowest BCUT2D eigenvalue weighted by Gasteiger charge is -2.39. The van der Waals surface area contributed by atoms with Crippen molar-refractivity contribution in [3.8, 4) is 0 Å². The monoisotopic (exact) mass is 311 g/mol. The van der Waals surface area contributed by atoms with Gasteiger partial charge in [-0.25, -0.2) is 0 Å². The first-order chi connectivity index (χ1) is 9.95. The van der Waals surface area contributed by atoms with E-state index in [4.69, 9.17) is 11.6 Å². The normalized spacial score (nSPS) is 19.6. The fourth-order valence-electron chi connectivity index (χ4n) is 2.57. The Labute approximate surface area is 128 Å². The molecule has 0 bridgehead atoms. The van der Waals surface area contributed by atoms with Crippen LogP contribution in [0.4, 0.5) is 5.69 Å². The van der Waals surface area contributed by atoms with Gasteiger partial charge in [0.15, 0.2) is 0 Å². The first-order valence-electron chi connectivity index (χ1n) is 6.88. The molecule has 0 N–H and O–H groups in total. The number of likely N-dealkylation sites (N-methyl/N-ethyl adjacent to an activating group) is 1. The first kappa shape index (κ1) is 15.7. The molecule has 1 heterocycles. The van der Waals surface area contributed by atoms with Crippen molar-refractivity contribution < 1.29 is 9.72 Å². The molecular formula is C14H18ClN3O3. The average molecular weight is 312 g/mol. The van der Waals surface area contributed by atoms with Gasteiger partial charge in [-0.2, -0.15) is 0 Å². The van der Waals surface area contributed by atoms with Crippen LogP contribution < -0.4 is 0 Å². The van der Waals surface area contributed by atoms with Crippen LogP contribution in [0, 0.1) is 10.1 Å². The summed E-state index contributed by atoms with van der Waals surface area (Å²) >= 11 is 6.02. The van der Waals surface area contributed by atoms with Crippen LogP contribution in [0.3, 0.4) is 0 Å². The fraction of sp³-hybridized carbons (Fsp3) is 0.500. The molecule has 1 aromatic rings. The number of rotatable bonds is 3. The molecular weight excluding hydrogens is 294 g/mol. The van der Waals surface area contributed by atoms with Gasteiger partial charge in [0, 0.05) is 31.7 Å². The van der Waals surface area contributed by atoms with Gasteiger partial charge in [0.1, 0.15) is 5.02 Å². The fourth-order valence-corrected chi connectivity index (χ4v) is 2.84. The zero-order valence-electron chi connectivity index (χ0n) is 12.1. The van der Waals surface area contributed by atoms with E-state index in [1.807, 2.05) is 7.05 Å². The molecule has 0 radical (unpaired) electrons. The Balaban J connectivity index is 2.25. The van der Waals surface area contributed by atoms with Crippen molar-refractivity contribution in [3.05, 3.63) is 38.9 Å². The highest BCUT2D eigenvalue weighted by atomic mass is 35.5. The Kier molecular flexibility index (Phi) is 4.80. The molecule has 1 aliphatic rings. The highest BCUT2D eigenvalue weighted by molar-refractivity contribution is 6.35. The molecule has 0 aromatic heterocycles. The number of carbonyl (C=O) groups excluding carboxylic acids is 1. The molecule has 0 spiro atoms. The number of hydrogen-bond acceptors (Lipinski definition) is 4. The molecule has 21 heavy (non-hydrogen) atoms. The van der Waals surface area contributed by atoms with Gasteiger partial charge in [-0.15, -0.1) is 0 Å². The van der Waals surface area contributed by atoms with Gasteiger partial charge < -0.3 is 4.90 Å². The van der Waals surface area contributed by atoms with Gasteiger partial charge in [-0.1, -0.05) is 24.6 Å². The topological polar surface area (TPSA) is 66.7 Å².